The van der Waals surface area contributed by atoms with Crippen LogP contribution in [0.1, 0.15) is 65.6 Å². The summed E-state index contributed by atoms with van der Waals surface area (Å²) in [7, 11) is 0. The summed E-state index contributed by atoms with van der Waals surface area (Å²) in [5.74, 6) is -0.224. The molecular formula is C30H30ClN3O3. The van der Waals surface area contributed by atoms with Crippen molar-refractivity contribution in [3.8, 4) is 0 Å². The van der Waals surface area contributed by atoms with Gasteiger partial charge < -0.3 is 10.5 Å². The molecule has 7 heteroatoms. The lowest BCUT2D eigenvalue weighted by molar-refractivity contribution is 0.0534. The van der Waals surface area contributed by atoms with Gasteiger partial charge in [0, 0.05) is 18.0 Å². The van der Waals surface area contributed by atoms with Crippen molar-refractivity contribution in [2.24, 2.45) is 5.73 Å². The number of ketones is 1. The third-order valence-corrected chi connectivity index (χ3v) is 7.02. The molecule has 0 aliphatic carbocycles. The lowest BCUT2D eigenvalue weighted by Crippen LogP contribution is -2.31. The van der Waals surface area contributed by atoms with Gasteiger partial charge in [-0.3, -0.25) is 10.1 Å². The molecule has 6 nitrogen and oxygen atoms in total. The van der Waals surface area contributed by atoms with Crippen molar-refractivity contribution in [2.75, 3.05) is 0 Å². The number of nitrogens with zero attached hydrogens (tertiary/aromatic N) is 1. The van der Waals surface area contributed by atoms with Crippen LogP contribution in [0, 0.1) is 0 Å². The van der Waals surface area contributed by atoms with E-state index in [1.165, 1.54) is 4.57 Å². The number of halogens is 1. The fourth-order valence-corrected chi connectivity index (χ4v) is 5.25. The van der Waals surface area contributed by atoms with Crippen LogP contribution >= 0.6 is 11.6 Å². The number of carbonyl (C=O) groups is 2. The normalized spacial score (nSPS) is 16.0. The molecule has 0 saturated carbocycles. The average molecular weight is 516 g/mol. The fourth-order valence-electron chi connectivity index (χ4n) is 4.89. The number of nitrogens with one attached hydrogen (secondary N) is 1. The maximum atomic E-state index is 13.9. The summed E-state index contributed by atoms with van der Waals surface area (Å²) in [6.45, 7) is 5.96. The first-order chi connectivity index (χ1) is 17.6. The van der Waals surface area contributed by atoms with Gasteiger partial charge in [-0.25, -0.2) is 9.36 Å². The van der Waals surface area contributed by atoms with E-state index in [1.54, 1.807) is 32.9 Å². The van der Waals surface area contributed by atoms with E-state index in [1.807, 2.05) is 60.7 Å². The molecule has 1 aliphatic rings. The largest absolute Gasteiger partial charge is 0.443 e. The number of aromatic nitrogens is 1. The number of hydrogen-bond acceptors (Lipinski definition) is 5. The summed E-state index contributed by atoms with van der Waals surface area (Å²) >= 11 is 6.90. The van der Waals surface area contributed by atoms with Crippen molar-refractivity contribution in [3.05, 3.63) is 106 Å². The molecule has 2 unspecified atom stereocenters. The molecule has 5 rings (SSSR count). The third kappa shape index (κ3) is 4.92. The van der Waals surface area contributed by atoms with E-state index in [0.29, 0.717) is 28.9 Å². The smallest absolute Gasteiger partial charge is 0.419 e. The van der Waals surface area contributed by atoms with E-state index < -0.39 is 17.7 Å². The molecule has 0 bridgehead atoms. The molecule has 1 aliphatic heterocycles. The molecule has 4 aromatic rings. The van der Waals surface area contributed by atoms with Crippen molar-refractivity contribution in [1.82, 2.24) is 9.88 Å². The Kier molecular flexibility index (Phi) is 6.67. The highest BCUT2D eigenvalue weighted by molar-refractivity contribution is 6.36. The molecule has 1 aromatic heterocycles. The lowest BCUT2D eigenvalue weighted by Gasteiger charge is -2.21. The van der Waals surface area contributed by atoms with Crippen LogP contribution < -0.4 is 11.1 Å². The Morgan fingerprint density at radius 3 is 2.51 bits per heavy atom. The van der Waals surface area contributed by atoms with Gasteiger partial charge in [-0.05, 0) is 61.6 Å². The number of ether oxygens (including phenoxy) is 1. The highest BCUT2D eigenvalue weighted by Crippen LogP contribution is 2.36. The van der Waals surface area contributed by atoms with Crippen LogP contribution in [0.5, 0.6) is 0 Å². The van der Waals surface area contributed by atoms with E-state index in [9.17, 15) is 9.59 Å². The summed E-state index contributed by atoms with van der Waals surface area (Å²) in [4.78, 5) is 27.3. The van der Waals surface area contributed by atoms with Crippen LogP contribution in [-0.4, -0.2) is 22.0 Å². The van der Waals surface area contributed by atoms with Gasteiger partial charge in [-0.15, -0.1) is 0 Å². The monoisotopic (exact) mass is 515 g/mol. The SMILES string of the molecule is CC(C)(C)OC(=O)n1c(C(=O)C2NCc3ccccc32)cc2c(Cl)c(C(N)Cc3ccccc3)ccc21. The van der Waals surface area contributed by atoms with E-state index >= 15 is 0 Å². The van der Waals surface area contributed by atoms with Crippen molar-refractivity contribution in [1.29, 1.82) is 0 Å². The van der Waals surface area contributed by atoms with Crippen LogP contribution in [0.3, 0.4) is 0 Å². The van der Waals surface area contributed by atoms with E-state index in [4.69, 9.17) is 22.1 Å². The van der Waals surface area contributed by atoms with E-state index in [-0.39, 0.29) is 17.5 Å². The Labute approximate surface area is 221 Å². The van der Waals surface area contributed by atoms with Crippen molar-refractivity contribution < 1.29 is 14.3 Å². The zero-order valence-electron chi connectivity index (χ0n) is 21.1. The topological polar surface area (TPSA) is 86.3 Å². The molecule has 0 amide bonds. The van der Waals surface area contributed by atoms with Gasteiger partial charge in [-0.1, -0.05) is 72.3 Å². The summed E-state index contributed by atoms with van der Waals surface area (Å²) in [5, 5.41) is 4.30. The molecule has 0 radical (unpaired) electrons. The van der Waals surface area contributed by atoms with Gasteiger partial charge >= 0.3 is 6.09 Å². The van der Waals surface area contributed by atoms with Crippen LogP contribution in [0.2, 0.25) is 5.02 Å². The number of Topliss-reactive ketones (excluding diaryl/α,β-unsaturated/α-hetero) is 1. The summed E-state index contributed by atoms with van der Waals surface area (Å²) in [6.07, 6.45) is -0.0255. The quantitative estimate of drug-likeness (QED) is 0.302. The first-order valence-electron chi connectivity index (χ1n) is 12.4. The minimum absolute atomic E-state index is 0.217. The molecular weight excluding hydrogens is 486 g/mol. The second kappa shape index (κ2) is 9.78. The molecule has 2 atom stereocenters. The molecule has 2 heterocycles. The third-order valence-electron chi connectivity index (χ3n) is 6.60. The number of benzene rings is 3. The van der Waals surface area contributed by atoms with Crippen LogP contribution in [0.4, 0.5) is 4.79 Å². The molecule has 3 N–H and O–H groups in total. The average Bonchev–Trinajstić information content (AvgIpc) is 3.46. The Morgan fingerprint density at radius 2 is 1.78 bits per heavy atom. The molecule has 0 saturated heterocycles. The predicted molar refractivity (Wildman–Crippen MR) is 146 cm³/mol. The van der Waals surface area contributed by atoms with Crippen molar-refractivity contribution in [3.63, 3.8) is 0 Å². The second-order valence-corrected chi connectivity index (χ2v) is 10.8. The molecule has 0 spiro atoms. The number of fused-ring (bicyclic) bond motifs is 2. The number of rotatable bonds is 5. The minimum Gasteiger partial charge on any atom is -0.443 e. The Morgan fingerprint density at radius 1 is 1.08 bits per heavy atom. The first kappa shape index (κ1) is 25.2. The molecule has 3 aromatic carbocycles. The summed E-state index contributed by atoms with van der Waals surface area (Å²) in [5.41, 5.74) is 10.4. The first-order valence-corrected chi connectivity index (χ1v) is 12.7. The van der Waals surface area contributed by atoms with Gasteiger partial charge in [0.05, 0.1) is 22.3 Å². The van der Waals surface area contributed by atoms with E-state index in [2.05, 4.69) is 5.32 Å². The maximum absolute atomic E-state index is 13.9. The zero-order valence-corrected chi connectivity index (χ0v) is 21.9. The standard InChI is InChI=1S/C30H30ClN3O3/c1-30(2,3)37-29(36)34-24-14-13-21(23(32)15-18-9-5-4-6-10-18)26(31)22(24)16-25(34)28(35)27-20-12-8-7-11-19(20)17-33-27/h4-14,16,23,27,33H,15,17,32H2,1-3H3. The second-order valence-electron chi connectivity index (χ2n) is 10.4. The van der Waals surface area contributed by atoms with Crippen molar-refractivity contribution >= 4 is 34.4 Å². The highest BCUT2D eigenvalue weighted by atomic mass is 35.5. The van der Waals surface area contributed by atoms with Gasteiger partial charge in [0.15, 0.2) is 0 Å². The fraction of sp³-hybridized carbons (Fsp3) is 0.267. The van der Waals surface area contributed by atoms with Crippen molar-refractivity contribution in [2.45, 2.75) is 51.4 Å². The van der Waals surface area contributed by atoms with Crippen LogP contribution in [-0.2, 0) is 17.7 Å². The predicted octanol–water partition coefficient (Wildman–Crippen LogP) is 6.35. The number of nitrogens with two attached hydrogens (primary N) is 1. The molecule has 190 valence electrons. The Balaban J connectivity index is 1.60. The number of carbonyl (C=O) groups excluding carboxylic acids is 2. The summed E-state index contributed by atoms with van der Waals surface area (Å²) in [6, 6.07) is 22.1. The van der Waals surface area contributed by atoms with E-state index in [0.717, 1.165) is 22.3 Å². The highest BCUT2D eigenvalue weighted by Gasteiger charge is 2.34. The Bertz CT molecular complexity index is 1490. The Hall–Kier alpha value is -3.45. The van der Waals surface area contributed by atoms with Gasteiger partial charge in [-0.2, -0.15) is 0 Å². The van der Waals surface area contributed by atoms with Gasteiger partial charge in [0.1, 0.15) is 5.60 Å². The van der Waals surface area contributed by atoms with Crippen LogP contribution in [0.15, 0.2) is 72.8 Å². The number of hydrogen-bond donors (Lipinski definition) is 2. The minimum atomic E-state index is -0.742. The van der Waals surface area contributed by atoms with Gasteiger partial charge in [0.2, 0.25) is 5.78 Å². The lowest BCUT2D eigenvalue weighted by atomic mass is 9.98. The molecule has 0 fully saturated rings. The maximum Gasteiger partial charge on any atom is 0.419 e. The van der Waals surface area contributed by atoms with Crippen LogP contribution in [0.25, 0.3) is 10.9 Å². The zero-order chi connectivity index (χ0) is 26.3. The summed E-state index contributed by atoms with van der Waals surface area (Å²) < 4.78 is 7.03. The van der Waals surface area contributed by atoms with Gasteiger partial charge in [0.25, 0.3) is 0 Å². The molecule has 37 heavy (non-hydrogen) atoms.